The number of fused-ring (bicyclic) bond motifs is 1. The van der Waals surface area contributed by atoms with Crippen molar-refractivity contribution in [1.29, 1.82) is 0 Å². The number of rotatable bonds is 4. The summed E-state index contributed by atoms with van der Waals surface area (Å²) in [5.74, 6) is 4.88. The summed E-state index contributed by atoms with van der Waals surface area (Å²) in [6.45, 7) is 0.526. The van der Waals surface area contributed by atoms with Crippen LogP contribution in [0.2, 0.25) is 0 Å². The average Bonchev–Trinajstić information content (AvgIpc) is 2.91. The van der Waals surface area contributed by atoms with Gasteiger partial charge in [0.25, 0.3) is 0 Å². The van der Waals surface area contributed by atoms with E-state index >= 15 is 0 Å². The van der Waals surface area contributed by atoms with Crippen LogP contribution in [0.1, 0.15) is 5.56 Å². The quantitative estimate of drug-likeness (QED) is 0.299. The molecule has 0 spiro atoms. The lowest BCUT2D eigenvalue weighted by atomic mass is 10.2. The van der Waals surface area contributed by atoms with E-state index in [-0.39, 0.29) is 12.3 Å². The van der Waals surface area contributed by atoms with Crippen LogP contribution in [-0.2, 0) is 17.9 Å². The molecule has 1 amide bonds. The van der Waals surface area contributed by atoms with Gasteiger partial charge in [0.2, 0.25) is 12.6 Å². The summed E-state index contributed by atoms with van der Waals surface area (Å²) in [7, 11) is 0. The predicted octanol–water partition coefficient (Wildman–Crippen LogP) is -0.243. The third-order valence-electron chi connectivity index (χ3n) is 3.16. The zero-order valence-corrected chi connectivity index (χ0v) is 11.3. The van der Waals surface area contributed by atoms with E-state index in [4.69, 9.17) is 5.84 Å². The van der Waals surface area contributed by atoms with Gasteiger partial charge in [0.1, 0.15) is 5.52 Å². The lowest BCUT2D eigenvalue weighted by Gasteiger charge is -2.01. The first kappa shape index (κ1) is 13.2. The van der Waals surface area contributed by atoms with E-state index < -0.39 is 0 Å². The second kappa shape index (κ2) is 5.68. The first-order chi connectivity index (χ1) is 10.3. The summed E-state index contributed by atoms with van der Waals surface area (Å²) in [5, 5.41) is 8.26. The number of nitrogens with zero attached hydrogens (tertiary/aromatic N) is 4. The molecule has 0 unspecified atom stereocenters. The number of nitrogens with one attached hydrogen (secondary N) is 1. The molecule has 3 rings (SSSR count). The summed E-state index contributed by atoms with van der Waals surface area (Å²) < 4.78 is 3.75. The van der Waals surface area contributed by atoms with Crippen molar-refractivity contribution in [3.63, 3.8) is 0 Å². The summed E-state index contributed by atoms with van der Waals surface area (Å²) in [4.78, 5) is 11.3. The van der Waals surface area contributed by atoms with Gasteiger partial charge >= 0.3 is 0 Å². The van der Waals surface area contributed by atoms with E-state index in [1.807, 2.05) is 58.0 Å². The molecule has 3 N–H and O–H groups in total. The fraction of sp³-hybridized carbons (Fsp3) is 0.143. The molecule has 0 saturated heterocycles. The van der Waals surface area contributed by atoms with Crippen LogP contribution in [0.4, 0.5) is 0 Å². The van der Waals surface area contributed by atoms with Crippen molar-refractivity contribution in [2.45, 2.75) is 13.1 Å². The highest BCUT2D eigenvalue weighted by atomic mass is 16.2. The number of hydrazine groups is 1. The maximum atomic E-state index is 11.3. The number of hydrogen-bond acceptors (Lipinski definition) is 4. The second-order valence-electron chi connectivity index (χ2n) is 4.69. The van der Waals surface area contributed by atoms with E-state index in [2.05, 4.69) is 15.7 Å². The molecule has 0 aliphatic heterocycles. The van der Waals surface area contributed by atoms with Gasteiger partial charge in [-0.15, -0.1) is 5.10 Å². The number of carbonyl (C=O) groups is 1. The molecule has 1 aromatic carbocycles. The number of benzene rings is 1. The van der Waals surface area contributed by atoms with Gasteiger partial charge in [-0.3, -0.25) is 10.2 Å². The van der Waals surface area contributed by atoms with Crippen molar-refractivity contribution in [2.75, 3.05) is 0 Å². The summed E-state index contributed by atoms with van der Waals surface area (Å²) >= 11 is 0. The SMILES string of the molecule is NNC(=O)Cc1ccc[n+](Cn2nnc3ccccc32)c1. The smallest absolute Gasteiger partial charge is 0.244 e. The topological polar surface area (TPSA) is 89.7 Å². The monoisotopic (exact) mass is 283 g/mol. The Morgan fingerprint density at radius 2 is 2.14 bits per heavy atom. The van der Waals surface area contributed by atoms with Crippen LogP contribution >= 0.6 is 0 Å². The lowest BCUT2D eigenvalue weighted by Crippen LogP contribution is -2.38. The van der Waals surface area contributed by atoms with Crippen LogP contribution in [0, 0.1) is 0 Å². The van der Waals surface area contributed by atoms with E-state index in [1.54, 1.807) is 0 Å². The normalized spacial score (nSPS) is 10.7. The van der Waals surface area contributed by atoms with Crippen LogP contribution in [0.3, 0.4) is 0 Å². The van der Waals surface area contributed by atoms with Gasteiger partial charge < -0.3 is 0 Å². The molecule has 0 bridgehead atoms. The largest absolute Gasteiger partial charge is 0.294 e. The number of hydrogen-bond donors (Lipinski definition) is 2. The number of carbonyl (C=O) groups excluding carboxylic acids is 1. The Labute approximate surface area is 121 Å². The van der Waals surface area contributed by atoms with Crippen molar-refractivity contribution in [3.05, 3.63) is 54.4 Å². The first-order valence-electron chi connectivity index (χ1n) is 6.52. The van der Waals surface area contributed by atoms with Crippen molar-refractivity contribution in [2.24, 2.45) is 5.84 Å². The van der Waals surface area contributed by atoms with Gasteiger partial charge in [-0.2, -0.15) is 9.25 Å². The Bertz CT molecular complexity index is 782. The molecule has 0 fully saturated rings. The fourth-order valence-electron chi connectivity index (χ4n) is 2.18. The van der Waals surface area contributed by atoms with Crippen LogP contribution in [0.5, 0.6) is 0 Å². The van der Waals surface area contributed by atoms with Gasteiger partial charge in [-0.1, -0.05) is 17.3 Å². The summed E-state index contributed by atoms with van der Waals surface area (Å²) in [6.07, 6.45) is 4.06. The minimum absolute atomic E-state index is 0.223. The molecule has 2 heterocycles. The zero-order valence-electron chi connectivity index (χ0n) is 11.3. The fourth-order valence-corrected chi connectivity index (χ4v) is 2.18. The Kier molecular flexibility index (Phi) is 3.57. The summed E-state index contributed by atoms with van der Waals surface area (Å²) in [5.41, 5.74) is 4.83. The van der Waals surface area contributed by atoms with E-state index in [9.17, 15) is 4.79 Å². The van der Waals surface area contributed by atoms with Gasteiger partial charge in [-0.25, -0.2) is 5.84 Å². The van der Waals surface area contributed by atoms with E-state index in [0.717, 1.165) is 16.6 Å². The van der Waals surface area contributed by atoms with Crippen molar-refractivity contribution < 1.29 is 9.36 Å². The molecular formula is C14H15N6O+. The predicted molar refractivity (Wildman–Crippen MR) is 75.6 cm³/mol. The standard InChI is InChI=1S/C14H14N6O/c15-16-14(21)8-11-4-3-7-19(9-11)10-20-13-6-2-1-5-12(13)17-18-20/h1-7,9H,8,10H2,(H2-,15,16,17,18,21)/p+1. The van der Waals surface area contributed by atoms with Gasteiger partial charge in [0.15, 0.2) is 12.4 Å². The maximum Gasteiger partial charge on any atom is 0.244 e. The van der Waals surface area contributed by atoms with Crippen LogP contribution in [0.25, 0.3) is 11.0 Å². The van der Waals surface area contributed by atoms with E-state index in [0.29, 0.717) is 6.67 Å². The number of para-hydroxylation sites is 1. The molecule has 0 aliphatic rings. The Hall–Kier alpha value is -2.80. The number of amides is 1. The molecule has 0 atom stereocenters. The minimum Gasteiger partial charge on any atom is -0.294 e. The maximum absolute atomic E-state index is 11.3. The second-order valence-corrected chi connectivity index (χ2v) is 4.69. The Balaban J connectivity index is 1.84. The van der Waals surface area contributed by atoms with Crippen molar-refractivity contribution >= 4 is 16.9 Å². The highest BCUT2D eigenvalue weighted by molar-refractivity contribution is 5.77. The third kappa shape index (κ3) is 2.87. The summed E-state index contributed by atoms with van der Waals surface area (Å²) in [6, 6.07) is 11.5. The molecule has 0 radical (unpaired) electrons. The molecule has 21 heavy (non-hydrogen) atoms. The minimum atomic E-state index is -0.223. The zero-order chi connectivity index (χ0) is 14.7. The number of pyridine rings is 1. The highest BCUT2D eigenvalue weighted by Crippen LogP contribution is 2.08. The van der Waals surface area contributed by atoms with Crippen LogP contribution < -0.4 is 15.8 Å². The number of aromatic nitrogens is 4. The molecule has 106 valence electrons. The lowest BCUT2D eigenvalue weighted by molar-refractivity contribution is -0.702. The molecule has 7 heteroatoms. The molecule has 0 saturated carbocycles. The van der Waals surface area contributed by atoms with Crippen LogP contribution in [-0.4, -0.2) is 20.9 Å². The molecule has 7 nitrogen and oxygen atoms in total. The van der Waals surface area contributed by atoms with Gasteiger partial charge in [0.05, 0.1) is 11.9 Å². The Morgan fingerprint density at radius 3 is 3.00 bits per heavy atom. The highest BCUT2D eigenvalue weighted by Gasteiger charge is 2.10. The molecular weight excluding hydrogens is 268 g/mol. The number of nitrogens with two attached hydrogens (primary N) is 1. The molecule has 2 aromatic heterocycles. The molecule has 3 aromatic rings. The molecule has 0 aliphatic carbocycles. The van der Waals surface area contributed by atoms with Gasteiger partial charge in [0, 0.05) is 11.6 Å². The van der Waals surface area contributed by atoms with Gasteiger partial charge in [-0.05, 0) is 18.2 Å². The Morgan fingerprint density at radius 1 is 1.29 bits per heavy atom. The van der Waals surface area contributed by atoms with Crippen LogP contribution in [0.15, 0.2) is 48.8 Å². The van der Waals surface area contributed by atoms with Crippen molar-refractivity contribution in [3.8, 4) is 0 Å². The third-order valence-corrected chi connectivity index (χ3v) is 3.16. The average molecular weight is 283 g/mol. The van der Waals surface area contributed by atoms with E-state index in [1.165, 1.54) is 0 Å². The first-order valence-corrected chi connectivity index (χ1v) is 6.52. The van der Waals surface area contributed by atoms with Crippen molar-refractivity contribution in [1.82, 2.24) is 20.4 Å².